The topological polar surface area (TPSA) is 53.4 Å². The van der Waals surface area contributed by atoms with Crippen LogP contribution in [-0.2, 0) is 6.42 Å². The molecule has 2 aromatic rings. The van der Waals surface area contributed by atoms with Gasteiger partial charge in [-0.3, -0.25) is 0 Å². The summed E-state index contributed by atoms with van der Waals surface area (Å²) in [6, 6.07) is 9.60. The van der Waals surface area contributed by atoms with Crippen LogP contribution in [-0.4, -0.2) is 22.6 Å². The number of hydrogen-bond donors (Lipinski definition) is 1. The number of benzene rings is 1. The first kappa shape index (κ1) is 12.2. The number of aromatic nitrogens is 1. The normalized spacial score (nSPS) is 13.4. The third kappa shape index (κ3) is 2.10. The summed E-state index contributed by atoms with van der Waals surface area (Å²) < 4.78 is 0.668. The van der Waals surface area contributed by atoms with Gasteiger partial charge in [0.1, 0.15) is 11.4 Å². The monoisotopic (exact) mass is 318 g/mol. The van der Waals surface area contributed by atoms with Crippen LogP contribution >= 0.6 is 15.9 Å². The average molecular weight is 319 g/mol. The largest absolute Gasteiger partial charge is 0.478 e. The molecule has 4 nitrogen and oxygen atoms in total. The minimum absolute atomic E-state index is 0.214. The Labute approximate surface area is 118 Å². The molecule has 19 heavy (non-hydrogen) atoms. The SMILES string of the molecule is O=C(O)c1cc(Br)cnc1N1CCc2ccccc21. The number of rotatable bonds is 2. The zero-order chi connectivity index (χ0) is 13.4. The molecule has 0 fully saturated rings. The molecule has 96 valence electrons. The van der Waals surface area contributed by atoms with Crippen molar-refractivity contribution in [2.45, 2.75) is 6.42 Å². The van der Waals surface area contributed by atoms with Gasteiger partial charge in [-0.2, -0.15) is 0 Å². The van der Waals surface area contributed by atoms with Crippen molar-refractivity contribution >= 4 is 33.4 Å². The lowest BCUT2D eigenvalue weighted by molar-refractivity contribution is 0.0697. The third-order valence-corrected chi connectivity index (χ3v) is 3.64. The van der Waals surface area contributed by atoms with Gasteiger partial charge in [0.2, 0.25) is 0 Å². The van der Waals surface area contributed by atoms with Gasteiger partial charge >= 0.3 is 5.97 Å². The predicted molar refractivity (Wildman–Crippen MR) is 76.0 cm³/mol. The Morgan fingerprint density at radius 1 is 1.37 bits per heavy atom. The molecule has 0 saturated carbocycles. The highest BCUT2D eigenvalue weighted by atomic mass is 79.9. The number of carboxylic acid groups (broad SMARTS) is 1. The Balaban J connectivity index is 2.12. The van der Waals surface area contributed by atoms with Crippen LogP contribution in [0.15, 0.2) is 41.0 Å². The quantitative estimate of drug-likeness (QED) is 0.923. The third-order valence-electron chi connectivity index (χ3n) is 3.21. The summed E-state index contributed by atoms with van der Waals surface area (Å²) in [7, 11) is 0. The van der Waals surface area contributed by atoms with E-state index in [-0.39, 0.29) is 5.56 Å². The van der Waals surface area contributed by atoms with E-state index in [9.17, 15) is 9.90 Å². The molecule has 3 rings (SSSR count). The summed E-state index contributed by atoms with van der Waals surface area (Å²) >= 11 is 3.26. The maximum atomic E-state index is 11.4. The Hall–Kier alpha value is -1.88. The van der Waals surface area contributed by atoms with Crippen molar-refractivity contribution in [1.82, 2.24) is 4.98 Å². The highest BCUT2D eigenvalue weighted by Crippen LogP contribution is 2.35. The number of halogens is 1. The standard InChI is InChI=1S/C14H11BrN2O2/c15-10-7-11(14(18)19)13(16-8-10)17-6-5-9-3-1-2-4-12(9)17/h1-4,7-8H,5-6H2,(H,18,19). The molecule has 0 amide bonds. The highest BCUT2D eigenvalue weighted by molar-refractivity contribution is 9.10. The first-order valence-corrected chi connectivity index (χ1v) is 6.70. The van der Waals surface area contributed by atoms with Crippen LogP contribution in [0.2, 0.25) is 0 Å². The number of pyridine rings is 1. The van der Waals surface area contributed by atoms with Gasteiger partial charge in [0, 0.05) is 22.9 Å². The first-order chi connectivity index (χ1) is 9.16. The van der Waals surface area contributed by atoms with Gasteiger partial charge in [0.15, 0.2) is 0 Å². The lowest BCUT2D eigenvalue weighted by Gasteiger charge is -2.20. The molecule has 0 spiro atoms. The number of nitrogens with zero attached hydrogens (tertiary/aromatic N) is 2. The summed E-state index contributed by atoms with van der Waals surface area (Å²) in [6.07, 6.45) is 2.54. The van der Waals surface area contributed by atoms with Gasteiger partial charge in [-0.05, 0) is 40.0 Å². The van der Waals surface area contributed by atoms with Gasteiger partial charge in [-0.25, -0.2) is 9.78 Å². The van der Waals surface area contributed by atoms with Crippen molar-refractivity contribution in [1.29, 1.82) is 0 Å². The second-order valence-electron chi connectivity index (χ2n) is 4.36. The van der Waals surface area contributed by atoms with Gasteiger partial charge < -0.3 is 10.0 Å². The van der Waals surface area contributed by atoms with Gasteiger partial charge in [-0.15, -0.1) is 0 Å². The predicted octanol–water partition coefficient (Wildman–Crippen LogP) is 3.24. The van der Waals surface area contributed by atoms with E-state index in [2.05, 4.69) is 27.0 Å². The fourth-order valence-corrected chi connectivity index (χ4v) is 2.69. The Kier molecular flexibility index (Phi) is 2.98. The molecule has 1 N–H and O–H groups in total. The van der Waals surface area contributed by atoms with Crippen LogP contribution in [0.3, 0.4) is 0 Å². The fraction of sp³-hybridized carbons (Fsp3) is 0.143. The number of fused-ring (bicyclic) bond motifs is 1. The summed E-state index contributed by atoms with van der Waals surface area (Å²) in [5, 5.41) is 9.31. The molecule has 0 saturated heterocycles. The van der Waals surface area contributed by atoms with E-state index in [1.165, 1.54) is 5.56 Å². The van der Waals surface area contributed by atoms with Crippen LogP contribution in [0, 0.1) is 0 Å². The molecule has 0 bridgehead atoms. The molecule has 2 heterocycles. The molecule has 1 aliphatic rings. The van der Waals surface area contributed by atoms with Gasteiger partial charge in [0.25, 0.3) is 0 Å². The van der Waals surface area contributed by atoms with E-state index in [1.54, 1.807) is 12.3 Å². The summed E-state index contributed by atoms with van der Waals surface area (Å²) in [4.78, 5) is 17.6. The summed E-state index contributed by atoms with van der Waals surface area (Å²) in [5.41, 5.74) is 2.48. The highest BCUT2D eigenvalue weighted by Gasteiger charge is 2.25. The number of aromatic carboxylic acids is 1. The number of anilines is 2. The smallest absolute Gasteiger partial charge is 0.339 e. The minimum atomic E-state index is -0.965. The number of carboxylic acids is 1. The molecule has 0 atom stereocenters. The van der Waals surface area contributed by atoms with Crippen molar-refractivity contribution in [2.24, 2.45) is 0 Å². The summed E-state index contributed by atoms with van der Waals surface area (Å²) in [5.74, 6) is -0.464. The number of hydrogen-bond acceptors (Lipinski definition) is 3. The van der Waals surface area contributed by atoms with Crippen LogP contribution in [0.25, 0.3) is 0 Å². The van der Waals surface area contributed by atoms with Crippen LogP contribution in [0.1, 0.15) is 15.9 Å². The Morgan fingerprint density at radius 3 is 2.95 bits per heavy atom. The average Bonchev–Trinajstić information content (AvgIpc) is 2.82. The molecule has 1 aliphatic heterocycles. The maximum absolute atomic E-state index is 11.4. The van der Waals surface area contributed by atoms with Crippen LogP contribution < -0.4 is 4.90 Å². The lowest BCUT2D eigenvalue weighted by atomic mass is 10.2. The molecule has 1 aromatic heterocycles. The minimum Gasteiger partial charge on any atom is -0.478 e. The second-order valence-corrected chi connectivity index (χ2v) is 5.28. The number of carbonyl (C=O) groups is 1. The Morgan fingerprint density at radius 2 is 2.16 bits per heavy atom. The van der Waals surface area contributed by atoms with E-state index in [1.807, 2.05) is 23.1 Å². The van der Waals surface area contributed by atoms with Crippen molar-refractivity contribution in [2.75, 3.05) is 11.4 Å². The molecule has 0 aliphatic carbocycles. The lowest BCUT2D eigenvalue weighted by Crippen LogP contribution is -2.18. The molecule has 0 radical (unpaired) electrons. The van der Waals surface area contributed by atoms with Crippen molar-refractivity contribution in [3.8, 4) is 0 Å². The van der Waals surface area contributed by atoms with Crippen molar-refractivity contribution < 1.29 is 9.90 Å². The van der Waals surface area contributed by atoms with Crippen molar-refractivity contribution in [3.05, 3.63) is 52.1 Å². The maximum Gasteiger partial charge on any atom is 0.339 e. The molecular weight excluding hydrogens is 308 g/mol. The summed E-state index contributed by atoms with van der Waals surface area (Å²) in [6.45, 7) is 0.758. The van der Waals surface area contributed by atoms with E-state index >= 15 is 0 Å². The Bertz CT molecular complexity index is 658. The first-order valence-electron chi connectivity index (χ1n) is 5.91. The molecule has 5 heteroatoms. The van der Waals surface area contributed by atoms with Crippen LogP contribution in [0.5, 0.6) is 0 Å². The van der Waals surface area contributed by atoms with E-state index in [0.717, 1.165) is 18.7 Å². The molecular formula is C14H11BrN2O2. The fourth-order valence-electron chi connectivity index (χ4n) is 2.36. The van der Waals surface area contributed by atoms with Crippen molar-refractivity contribution in [3.63, 3.8) is 0 Å². The number of para-hydroxylation sites is 1. The zero-order valence-electron chi connectivity index (χ0n) is 10.0. The van der Waals surface area contributed by atoms with E-state index in [4.69, 9.17) is 0 Å². The van der Waals surface area contributed by atoms with Gasteiger partial charge in [0.05, 0.1) is 0 Å². The van der Waals surface area contributed by atoms with E-state index in [0.29, 0.717) is 10.3 Å². The zero-order valence-corrected chi connectivity index (χ0v) is 11.6. The van der Waals surface area contributed by atoms with E-state index < -0.39 is 5.97 Å². The molecule has 1 aromatic carbocycles. The second kappa shape index (κ2) is 4.66. The van der Waals surface area contributed by atoms with Gasteiger partial charge in [-0.1, -0.05) is 18.2 Å². The van der Waals surface area contributed by atoms with Crippen LogP contribution in [0.4, 0.5) is 11.5 Å². The molecule has 0 unspecified atom stereocenters.